The third kappa shape index (κ3) is 4.71. The molecule has 184 valence electrons. The maximum atomic E-state index is 11.6. The van der Waals surface area contributed by atoms with E-state index in [2.05, 4.69) is 36.3 Å². The number of carboxylic acids is 1. The van der Waals surface area contributed by atoms with Gasteiger partial charge >= 0.3 is 5.97 Å². The number of aliphatic hydroxyl groups excluding tert-OH is 1. The van der Waals surface area contributed by atoms with Crippen LogP contribution in [0.25, 0.3) is 22.5 Å². The maximum absolute atomic E-state index is 11.6. The molecule has 0 amide bonds. The van der Waals surface area contributed by atoms with Gasteiger partial charge in [0.15, 0.2) is 5.76 Å². The van der Waals surface area contributed by atoms with Crippen molar-refractivity contribution in [3.8, 4) is 22.5 Å². The summed E-state index contributed by atoms with van der Waals surface area (Å²) in [5.74, 6) is -0.135. The second-order valence-corrected chi connectivity index (χ2v) is 9.95. The largest absolute Gasteiger partial charge is 0.481 e. The summed E-state index contributed by atoms with van der Waals surface area (Å²) in [4.78, 5) is 11.6. The minimum Gasteiger partial charge on any atom is -0.481 e. The SMILES string of the molecule is Cc1cccc(CCCC(O)c2c(C)noc2-c2ccc(-c3ccc(C4(C(=O)O)CC4)cc3)cc2)c1. The zero-order valence-corrected chi connectivity index (χ0v) is 20.7. The predicted octanol–water partition coefficient (Wildman–Crippen LogP) is 6.80. The lowest BCUT2D eigenvalue weighted by Crippen LogP contribution is -2.19. The summed E-state index contributed by atoms with van der Waals surface area (Å²) in [6.07, 6.45) is 3.17. The van der Waals surface area contributed by atoms with Crippen molar-refractivity contribution in [3.05, 3.63) is 101 Å². The molecule has 5 heteroatoms. The third-order valence-electron chi connectivity index (χ3n) is 7.34. The number of benzene rings is 3. The quantitative estimate of drug-likeness (QED) is 0.275. The minimum atomic E-state index is -0.741. The number of aliphatic carboxylic acids is 1. The topological polar surface area (TPSA) is 83.6 Å². The number of hydrogen-bond donors (Lipinski definition) is 2. The lowest BCUT2D eigenvalue weighted by atomic mass is 9.93. The van der Waals surface area contributed by atoms with Crippen LogP contribution in [0.4, 0.5) is 0 Å². The molecule has 1 aliphatic rings. The summed E-state index contributed by atoms with van der Waals surface area (Å²) in [7, 11) is 0. The van der Waals surface area contributed by atoms with Crippen molar-refractivity contribution in [2.24, 2.45) is 0 Å². The maximum Gasteiger partial charge on any atom is 0.314 e. The van der Waals surface area contributed by atoms with Crippen molar-refractivity contribution in [2.75, 3.05) is 0 Å². The molecular formula is C31H31NO4. The summed E-state index contributed by atoms with van der Waals surface area (Å²) in [6, 6.07) is 24.3. The van der Waals surface area contributed by atoms with Crippen molar-refractivity contribution in [3.63, 3.8) is 0 Å². The van der Waals surface area contributed by atoms with Crippen LogP contribution in [0.1, 0.15) is 59.7 Å². The molecule has 1 saturated carbocycles. The standard InChI is InChI=1S/C31H31NO4/c1-20-5-3-6-22(19-20)7-4-8-27(33)28-21(2)32-36-29(28)25-11-9-23(10-12-25)24-13-15-26(16-14-24)31(17-18-31)30(34)35/h3,5-6,9-16,19,27,33H,4,7-8,17-18H2,1-2H3,(H,34,35). The highest BCUT2D eigenvalue weighted by molar-refractivity contribution is 5.85. The summed E-state index contributed by atoms with van der Waals surface area (Å²) in [5.41, 5.74) is 7.09. The Kier molecular flexibility index (Phi) is 6.50. The highest BCUT2D eigenvalue weighted by Gasteiger charge is 2.51. The molecule has 0 radical (unpaired) electrons. The molecule has 3 aromatic carbocycles. The van der Waals surface area contributed by atoms with E-state index in [1.54, 1.807) is 0 Å². The lowest BCUT2D eigenvalue weighted by Gasteiger charge is -2.12. The van der Waals surface area contributed by atoms with Gasteiger partial charge in [-0.25, -0.2) is 0 Å². The van der Waals surface area contributed by atoms with Crippen molar-refractivity contribution < 1.29 is 19.5 Å². The Bertz CT molecular complexity index is 1360. The average molecular weight is 482 g/mol. The van der Waals surface area contributed by atoms with Gasteiger partial charge < -0.3 is 14.7 Å². The van der Waals surface area contributed by atoms with Gasteiger partial charge in [-0.15, -0.1) is 0 Å². The van der Waals surface area contributed by atoms with Crippen LogP contribution in [-0.2, 0) is 16.6 Å². The monoisotopic (exact) mass is 481 g/mol. The first-order valence-corrected chi connectivity index (χ1v) is 12.5. The van der Waals surface area contributed by atoms with Crippen molar-refractivity contribution in [1.29, 1.82) is 0 Å². The Morgan fingerprint density at radius 2 is 1.61 bits per heavy atom. The fraction of sp³-hybridized carbons (Fsp3) is 0.290. The van der Waals surface area contributed by atoms with Gasteiger partial charge in [0, 0.05) is 5.56 Å². The van der Waals surface area contributed by atoms with Crippen LogP contribution >= 0.6 is 0 Å². The summed E-state index contributed by atoms with van der Waals surface area (Å²) in [5, 5.41) is 24.7. The Balaban J connectivity index is 1.29. The van der Waals surface area contributed by atoms with E-state index in [0.717, 1.165) is 40.7 Å². The number of aromatic nitrogens is 1. The van der Waals surface area contributed by atoms with Gasteiger partial charge in [-0.3, -0.25) is 4.79 Å². The second-order valence-electron chi connectivity index (χ2n) is 9.95. The van der Waals surface area contributed by atoms with Crippen LogP contribution in [0.2, 0.25) is 0 Å². The fourth-order valence-electron chi connectivity index (χ4n) is 5.04. The van der Waals surface area contributed by atoms with E-state index in [4.69, 9.17) is 4.52 Å². The summed E-state index contributed by atoms with van der Waals surface area (Å²) < 4.78 is 5.65. The molecular weight excluding hydrogens is 450 g/mol. The number of aryl methyl sites for hydroxylation is 3. The highest BCUT2D eigenvalue weighted by Crippen LogP contribution is 2.48. The molecule has 1 atom stereocenters. The number of carboxylic acid groups (broad SMARTS) is 1. The Hall–Kier alpha value is -3.70. The van der Waals surface area contributed by atoms with E-state index in [1.165, 1.54) is 11.1 Å². The molecule has 5 nitrogen and oxygen atoms in total. The predicted molar refractivity (Wildman–Crippen MR) is 140 cm³/mol. The zero-order valence-electron chi connectivity index (χ0n) is 20.7. The first-order valence-electron chi connectivity index (χ1n) is 12.5. The Morgan fingerprint density at radius 1 is 0.972 bits per heavy atom. The number of nitrogens with zero attached hydrogens (tertiary/aromatic N) is 1. The van der Waals surface area contributed by atoms with Gasteiger partial charge in [0.2, 0.25) is 0 Å². The first kappa shape index (κ1) is 24.0. The van der Waals surface area contributed by atoms with Crippen molar-refractivity contribution in [2.45, 2.75) is 57.5 Å². The smallest absolute Gasteiger partial charge is 0.314 e. The van der Waals surface area contributed by atoms with Gasteiger partial charge in [0.1, 0.15) is 0 Å². The molecule has 0 spiro atoms. The van der Waals surface area contributed by atoms with Crippen molar-refractivity contribution in [1.82, 2.24) is 5.16 Å². The molecule has 1 aromatic heterocycles. The molecule has 0 aliphatic heterocycles. The molecule has 1 aliphatic carbocycles. The molecule has 0 saturated heterocycles. The molecule has 36 heavy (non-hydrogen) atoms. The third-order valence-corrected chi connectivity index (χ3v) is 7.34. The molecule has 1 unspecified atom stereocenters. The van der Waals surface area contributed by atoms with Gasteiger partial charge in [-0.1, -0.05) is 83.5 Å². The molecule has 1 heterocycles. The van der Waals surface area contributed by atoms with Crippen LogP contribution in [0, 0.1) is 13.8 Å². The van der Waals surface area contributed by atoms with Crippen molar-refractivity contribution >= 4 is 5.97 Å². The second kappa shape index (κ2) is 9.75. The first-order chi connectivity index (χ1) is 17.4. The van der Waals surface area contributed by atoms with Crippen LogP contribution in [0.15, 0.2) is 77.3 Å². The molecule has 0 bridgehead atoms. The highest BCUT2D eigenvalue weighted by atomic mass is 16.5. The van der Waals surface area contributed by atoms with E-state index >= 15 is 0 Å². The average Bonchev–Trinajstić information content (AvgIpc) is 3.61. The molecule has 5 rings (SSSR count). The van der Waals surface area contributed by atoms with E-state index in [1.807, 2.05) is 55.5 Å². The number of rotatable bonds is 9. The molecule has 1 fully saturated rings. The van der Waals surface area contributed by atoms with Gasteiger partial charge in [0.05, 0.1) is 22.8 Å². The Morgan fingerprint density at radius 3 is 2.22 bits per heavy atom. The van der Waals surface area contributed by atoms with Gasteiger partial charge in [-0.2, -0.15) is 0 Å². The van der Waals surface area contributed by atoms with Gasteiger partial charge in [-0.05, 0) is 68.2 Å². The normalized spacial score (nSPS) is 15.0. The number of aliphatic hydroxyl groups is 1. The van der Waals surface area contributed by atoms with Crippen LogP contribution < -0.4 is 0 Å². The zero-order chi connectivity index (χ0) is 25.3. The minimum absolute atomic E-state index is 0.606. The lowest BCUT2D eigenvalue weighted by molar-refractivity contribution is -0.140. The van der Waals surface area contributed by atoms with Gasteiger partial charge in [0.25, 0.3) is 0 Å². The summed E-state index contributed by atoms with van der Waals surface area (Å²) >= 11 is 0. The van der Waals surface area contributed by atoms with E-state index < -0.39 is 17.5 Å². The molecule has 4 aromatic rings. The number of hydrogen-bond acceptors (Lipinski definition) is 4. The Labute approximate surface area is 211 Å². The van der Waals surface area contributed by atoms with Crippen LogP contribution in [0.3, 0.4) is 0 Å². The fourth-order valence-corrected chi connectivity index (χ4v) is 5.04. The number of carbonyl (C=O) groups is 1. The molecule has 2 N–H and O–H groups in total. The van der Waals surface area contributed by atoms with E-state index in [9.17, 15) is 15.0 Å². The summed E-state index contributed by atoms with van der Waals surface area (Å²) in [6.45, 7) is 3.96. The van der Waals surface area contributed by atoms with E-state index in [0.29, 0.717) is 30.7 Å². The van der Waals surface area contributed by atoms with E-state index in [-0.39, 0.29) is 0 Å². The van der Waals surface area contributed by atoms with Crippen LogP contribution in [-0.4, -0.2) is 21.3 Å². The van der Waals surface area contributed by atoms with Crippen LogP contribution in [0.5, 0.6) is 0 Å².